The van der Waals surface area contributed by atoms with Crippen LogP contribution in [0.4, 0.5) is 0 Å². The summed E-state index contributed by atoms with van der Waals surface area (Å²) in [5, 5.41) is 1.97. The minimum Gasteiger partial charge on any atom is -0.302 e. The first-order valence-corrected chi connectivity index (χ1v) is 8.78. The van der Waals surface area contributed by atoms with Crippen LogP contribution in [0, 0.1) is 6.92 Å². The average Bonchev–Trinajstić information content (AvgIpc) is 3.13. The van der Waals surface area contributed by atoms with Crippen molar-refractivity contribution < 1.29 is 4.79 Å². The minimum atomic E-state index is -0.0809. The highest BCUT2D eigenvalue weighted by Crippen LogP contribution is 2.09. The molecule has 3 rings (SSSR count). The number of Topliss-reactive ketones (excluding diaryl/α,β-unsaturated/α-hetero) is 1. The molecule has 0 aliphatic heterocycles. The smallest absolute Gasteiger partial charge is 0.268 e. The van der Waals surface area contributed by atoms with E-state index in [9.17, 15) is 9.59 Å². The molecule has 0 fully saturated rings. The van der Waals surface area contributed by atoms with Crippen molar-refractivity contribution in [2.45, 2.75) is 6.92 Å². The van der Waals surface area contributed by atoms with Gasteiger partial charge >= 0.3 is 0 Å². The van der Waals surface area contributed by atoms with Gasteiger partial charge in [0.25, 0.3) is 5.56 Å². The lowest BCUT2D eigenvalue weighted by Crippen LogP contribution is -2.29. The van der Waals surface area contributed by atoms with E-state index in [2.05, 4.69) is 0 Å². The van der Waals surface area contributed by atoms with Crippen molar-refractivity contribution in [3.05, 3.63) is 77.3 Å². The number of hydrogen-bond donors (Lipinski definition) is 0. The minimum absolute atomic E-state index is 0.0766. The van der Waals surface area contributed by atoms with E-state index < -0.39 is 0 Å². The molecule has 0 bridgehead atoms. The van der Waals surface area contributed by atoms with Gasteiger partial charge in [0.15, 0.2) is 5.78 Å². The SMILES string of the molecule is Cc1ccccc1C(=O)/C=c1\s/c(=C\c2cccs2)c(=O)n1C. The Balaban J connectivity index is 2.10. The fourth-order valence-electron chi connectivity index (χ4n) is 2.25. The Labute approximate surface area is 141 Å². The Hall–Kier alpha value is -2.24. The predicted molar refractivity (Wildman–Crippen MR) is 96.7 cm³/mol. The summed E-state index contributed by atoms with van der Waals surface area (Å²) in [4.78, 5) is 25.8. The van der Waals surface area contributed by atoms with E-state index in [1.54, 1.807) is 30.5 Å². The lowest BCUT2D eigenvalue weighted by molar-refractivity contribution is 0.106. The highest BCUT2D eigenvalue weighted by Gasteiger charge is 2.07. The summed E-state index contributed by atoms with van der Waals surface area (Å²) in [5.74, 6) is -0.0809. The summed E-state index contributed by atoms with van der Waals surface area (Å²) in [7, 11) is 1.70. The summed E-state index contributed by atoms with van der Waals surface area (Å²) in [6, 6.07) is 11.4. The van der Waals surface area contributed by atoms with Crippen LogP contribution < -0.4 is 14.8 Å². The number of nitrogens with zero attached hydrogens (tertiary/aromatic N) is 1. The molecule has 0 spiro atoms. The zero-order valence-electron chi connectivity index (χ0n) is 12.8. The van der Waals surface area contributed by atoms with E-state index in [-0.39, 0.29) is 11.3 Å². The second kappa shape index (κ2) is 6.48. The van der Waals surface area contributed by atoms with Crippen LogP contribution in [0.2, 0.25) is 0 Å². The van der Waals surface area contributed by atoms with E-state index in [0.29, 0.717) is 14.8 Å². The van der Waals surface area contributed by atoms with Crippen molar-refractivity contribution in [2.24, 2.45) is 7.05 Å². The Morgan fingerprint density at radius 3 is 2.65 bits per heavy atom. The van der Waals surface area contributed by atoms with E-state index >= 15 is 0 Å². The molecule has 0 aliphatic rings. The van der Waals surface area contributed by atoms with Crippen LogP contribution in [0.15, 0.2) is 46.6 Å². The van der Waals surface area contributed by atoms with Crippen LogP contribution in [0.5, 0.6) is 0 Å². The molecule has 116 valence electrons. The average molecular weight is 341 g/mol. The molecule has 0 aliphatic carbocycles. The van der Waals surface area contributed by atoms with Gasteiger partial charge in [-0.15, -0.1) is 22.7 Å². The molecular weight excluding hydrogens is 326 g/mol. The van der Waals surface area contributed by atoms with E-state index in [4.69, 9.17) is 0 Å². The van der Waals surface area contributed by atoms with Crippen molar-refractivity contribution in [3.63, 3.8) is 0 Å². The largest absolute Gasteiger partial charge is 0.302 e. The Bertz CT molecular complexity index is 1020. The molecule has 5 heteroatoms. The summed E-state index contributed by atoms with van der Waals surface area (Å²) >= 11 is 2.92. The zero-order valence-corrected chi connectivity index (χ0v) is 14.4. The number of benzene rings is 1. The molecule has 2 aromatic heterocycles. The molecule has 2 heterocycles. The predicted octanol–water partition coefficient (Wildman–Crippen LogP) is 2.31. The third-order valence-electron chi connectivity index (χ3n) is 3.54. The number of thiophene rings is 1. The quantitative estimate of drug-likeness (QED) is 0.686. The van der Waals surface area contributed by atoms with Crippen molar-refractivity contribution in [3.8, 4) is 0 Å². The zero-order chi connectivity index (χ0) is 16.4. The highest BCUT2D eigenvalue weighted by molar-refractivity contribution is 7.11. The standard InChI is InChI=1S/C18H15NO2S2/c1-12-6-3-4-8-14(12)15(20)11-17-19(2)18(21)16(23-17)10-13-7-5-9-22-13/h3-11H,1-2H3/b16-10-,17-11-. The third-order valence-corrected chi connectivity index (χ3v) is 5.47. The molecule has 3 aromatic rings. The van der Waals surface area contributed by atoms with Gasteiger partial charge < -0.3 is 4.57 Å². The molecule has 1 aromatic carbocycles. The van der Waals surface area contributed by atoms with E-state index in [0.717, 1.165) is 10.4 Å². The van der Waals surface area contributed by atoms with Gasteiger partial charge in [-0.1, -0.05) is 30.3 Å². The monoisotopic (exact) mass is 341 g/mol. The van der Waals surface area contributed by atoms with Gasteiger partial charge in [0.2, 0.25) is 0 Å². The third kappa shape index (κ3) is 3.25. The second-order valence-electron chi connectivity index (χ2n) is 5.15. The summed E-state index contributed by atoms with van der Waals surface area (Å²) in [5.41, 5.74) is 1.52. The molecular formula is C18H15NO2S2. The van der Waals surface area contributed by atoms with Gasteiger partial charge in [-0.2, -0.15) is 0 Å². The number of ketones is 1. The lowest BCUT2D eigenvalue weighted by atomic mass is 10.1. The fraction of sp³-hybridized carbons (Fsp3) is 0.111. The molecule has 3 nitrogen and oxygen atoms in total. The van der Waals surface area contributed by atoms with Gasteiger partial charge in [0, 0.05) is 23.6 Å². The molecule has 0 N–H and O–H groups in total. The molecule has 0 atom stereocenters. The van der Waals surface area contributed by atoms with Crippen molar-refractivity contribution >= 4 is 40.6 Å². The number of rotatable bonds is 3. The van der Waals surface area contributed by atoms with Gasteiger partial charge in [0.1, 0.15) is 4.66 Å². The van der Waals surface area contributed by atoms with Crippen LogP contribution in [-0.4, -0.2) is 10.4 Å². The van der Waals surface area contributed by atoms with Crippen LogP contribution in [0.25, 0.3) is 12.2 Å². The Morgan fingerprint density at radius 1 is 1.17 bits per heavy atom. The number of aromatic nitrogens is 1. The first-order chi connectivity index (χ1) is 11.1. The van der Waals surface area contributed by atoms with E-state index in [1.807, 2.05) is 48.7 Å². The number of hydrogen-bond acceptors (Lipinski definition) is 4. The molecule has 0 saturated heterocycles. The molecule has 0 unspecified atom stereocenters. The number of thiazole rings is 1. The number of aryl methyl sites for hydroxylation is 1. The number of carbonyl (C=O) groups is 1. The maximum absolute atomic E-state index is 12.5. The fourth-order valence-corrected chi connectivity index (χ4v) is 4.00. The van der Waals surface area contributed by atoms with Crippen LogP contribution in [-0.2, 0) is 7.05 Å². The maximum atomic E-state index is 12.5. The first kappa shape index (κ1) is 15.6. The molecule has 0 radical (unpaired) electrons. The normalized spacial score (nSPS) is 12.8. The lowest BCUT2D eigenvalue weighted by Gasteiger charge is -1.99. The van der Waals surface area contributed by atoms with Gasteiger partial charge in [-0.25, -0.2) is 0 Å². The molecule has 23 heavy (non-hydrogen) atoms. The summed E-state index contributed by atoms with van der Waals surface area (Å²) in [6.45, 7) is 1.91. The van der Waals surface area contributed by atoms with Gasteiger partial charge in [-0.05, 0) is 30.0 Å². The van der Waals surface area contributed by atoms with Crippen molar-refractivity contribution in [1.29, 1.82) is 0 Å². The van der Waals surface area contributed by atoms with Crippen molar-refractivity contribution in [2.75, 3.05) is 0 Å². The van der Waals surface area contributed by atoms with Crippen LogP contribution in [0.3, 0.4) is 0 Å². The van der Waals surface area contributed by atoms with Crippen LogP contribution in [0.1, 0.15) is 20.8 Å². The van der Waals surface area contributed by atoms with Gasteiger partial charge in [0.05, 0.1) is 4.53 Å². The molecule has 0 amide bonds. The molecule has 0 saturated carbocycles. The Morgan fingerprint density at radius 2 is 1.96 bits per heavy atom. The van der Waals surface area contributed by atoms with Crippen LogP contribution >= 0.6 is 22.7 Å². The Kier molecular flexibility index (Phi) is 4.41. The number of carbonyl (C=O) groups excluding carboxylic acids is 1. The maximum Gasteiger partial charge on any atom is 0.268 e. The van der Waals surface area contributed by atoms with Gasteiger partial charge in [-0.3, -0.25) is 9.59 Å². The van der Waals surface area contributed by atoms with Crippen molar-refractivity contribution in [1.82, 2.24) is 4.57 Å². The second-order valence-corrected chi connectivity index (χ2v) is 7.19. The summed E-state index contributed by atoms with van der Waals surface area (Å²) in [6.07, 6.45) is 3.41. The first-order valence-electron chi connectivity index (χ1n) is 7.09. The summed E-state index contributed by atoms with van der Waals surface area (Å²) < 4.78 is 2.82. The highest BCUT2D eigenvalue weighted by atomic mass is 32.1. The topological polar surface area (TPSA) is 39.1 Å². The van der Waals surface area contributed by atoms with E-state index in [1.165, 1.54) is 15.9 Å².